The first-order valence-corrected chi connectivity index (χ1v) is 10.7. The molecule has 1 aromatic rings. The van der Waals surface area contributed by atoms with E-state index < -0.39 is 54.1 Å². The minimum absolute atomic E-state index is 0.00682. The molecule has 0 fully saturated rings. The number of benzene rings is 1. The van der Waals surface area contributed by atoms with E-state index in [4.69, 9.17) is 22.9 Å². The molecule has 192 valence electrons. The van der Waals surface area contributed by atoms with Crippen molar-refractivity contribution in [2.45, 2.75) is 43.8 Å². The number of aliphatic imine (C=N–C) groups is 1. The van der Waals surface area contributed by atoms with Gasteiger partial charge >= 0.3 is 5.97 Å². The van der Waals surface area contributed by atoms with Gasteiger partial charge in [0.15, 0.2) is 5.96 Å². The second kappa shape index (κ2) is 14.8. The lowest BCUT2D eigenvalue weighted by molar-refractivity contribution is -0.143. The summed E-state index contributed by atoms with van der Waals surface area (Å²) in [5.41, 5.74) is 21.6. The van der Waals surface area contributed by atoms with Crippen molar-refractivity contribution in [1.29, 1.82) is 0 Å². The summed E-state index contributed by atoms with van der Waals surface area (Å²) in [6, 6.07) is 4.78. The van der Waals surface area contributed by atoms with Gasteiger partial charge in [-0.1, -0.05) is 30.3 Å². The number of nitrogens with zero attached hydrogens (tertiary/aromatic N) is 1. The van der Waals surface area contributed by atoms with Gasteiger partial charge in [0.1, 0.15) is 18.1 Å². The third-order valence-corrected chi connectivity index (χ3v) is 4.72. The van der Waals surface area contributed by atoms with Gasteiger partial charge in [-0.05, 0) is 18.4 Å². The van der Waals surface area contributed by atoms with E-state index in [1.54, 1.807) is 30.3 Å². The summed E-state index contributed by atoms with van der Waals surface area (Å²) in [5, 5.41) is 16.5. The smallest absolute Gasteiger partial charge is 0.326 e. The first-order valence-electron chi connectivity index (χ1n) is 10.7. The Bertz CT molecular complexity index is 920. The topological polar surface area (TPSA) is 258 Å². The lowest BCUT2D eigenvalue weighted by atomic mass is 10.0. The van der Waals surface area contributed by atoms with Gasteiger partial charge in [-0.15, -0.1) is 0 Å². The molecule has 0 aliphatic rings. The van der Waals surface area contributed by atoms with Crippen molar-refractivity contribution in [1.82, 2.24) is 16.0 Å². The first-order chi connectivity index (χ1) is 16.5. The highest BCUT2D eigenvalue weighted by molar-refractivity contribution is 5.94. The number of carboxylic acids is 1. The molecule has 0 saturated carbocycles. The zero-order chi connectivity index (χ0) is 26.4. The maximum Gasteiger partial charge on any atom is 0.326 e. The molecule has 0 aliphatic heterocycles. The second-order valence-corrected chi connectivity index (χ2v) is 7.59. The van der Waals surface area contributed by atoms with Gasteiger partial charge in [0.25, 0.3) is 0 Å². The summed E-state index contributed by atoms with van der Waals surface area (Å²) in [4.78, 5) is 64.2. The average Bonchev–Trinajstić information content (AvgIpc) is 2.79. The molecule has 1 rings (SSSR count). The number of rotatable bonds is 15. The Hall–Kier alpha value is -4.20. The van der Waals surface area contributed by atoms with Gasteiger partial charge in [0, 0.05) is 13.0 Å². The Labute approximate surface area is 201 Å². The number of carbonyl (C=O) groups is 5. The molecule has 0 bridgehead atoms. The van der Waals surface area contributed by atoms with Crippen LogP contribution < -0.4 is 38.9 Å². The van der Waals surface area contributed by atoms with Crippen LogP contribution in [0.2, 0.25) is 0 Å². The average molecular weight is 493 g/mol. The van der Waals surface area contributed by atoms with Crippen LogP contribution in [0, 0.1) is 0 Å². The number of amides is 4. The van der Waals surface area contributed by atoms with Gasteiger partial charge in [0.2, 0.25) is 23.6 Å². The van der Waals surface area contributed by atoms with Gasteiger partial charge in [-0.3, -0.25) is 24.2 Å². The Balaban J connectivity index is 3.07. The van der Waals surface area contributed by atoms with Crippen LogP contribution in [0.5, 0.6) is 0 Å². The molecule has 4 amide bonds. The van der Waals surface area contributed by atoms with Gasteiger partial charge in [0.05, 0.1) is 13.0 Å². The number of carbonyl (C=O) groups excluding carboxylic acids is 4. The van der Waals surface area contributed by atoms with Crippen molar-refractivity contribution in [2.24, 2.45) is 27.9 Å². The predicted molar refractivity (Wildman–Crippen MR) is 126 cm³/mol. The fraction of sp³-hybridized carbons (Fsp3) is 0.429. The number of aliphatic carboxylic acids is 1. The first kappa shape index (κ1) is 28.8. The fourth-order valence-electron chi connectivity index (χ4n) is 3.03. The summed E-state index contributed by atoms with van der Waals surface area (Å²) >= 11 is 0. The fourth-order valence-corrected chi connectivity index (χ4v) is 3.03. The number of guanidine groups is 1. The van der Waals surface area contributed by atoms with Crippen LogP contribution in [-0.4, -0.2) is 71.9 Å². The van der Waals surface area contributed by atoms with E-state index >= 15 is 0 Å². The van der Waals surface area contributed by atoms with Crippen molar-refractivity contribution in [2.75, 3.05) is 13.1 Å². The number of nitrogens with one attached hydrogen (secondary N) is 3. The van der Waals surface area contributed by atoms with Crippen molar-refractivity contribution in [3.63, 3.8) is 0 Å². The third kappa shape index (κ3) is 11.5. The third-order valence-electron chi connectivity index (χ3n) is 4.72. The standard InChI is InChI=1S/C21H32N8O6/c22-11-17(31)27-13(7-4-8-26-21(24)25)18(32)28-14(9-12-5-2-1-3-6-12)19(33)29-15(20(34)35)10-16(23)30/h1-3,5-6,13-15H,4,7-11,22H2,(H2,23,30)(H,27,31)(H,28,32)(H,29,33)(H,34,35)(H4,24,25,26). The maximum absolute atomic E-state index is 13.0. The zero-order valence-corrected chi connectivity index (χ0v) is 19.1. The highest BCUT2D eigenvalue weighted by Crippen LogP contribution is 2.07. The molecule has 1 aromatic carbocycles. The minimum Gasteiger partial charge on any atom is -0.480 e. The molecule has 0 saturated heterocycles. The van der Waals surface area contributed by atoms with Crippen LogP contribution in [0.25, 0.3) is 0 Å². The number of hydrogen-bond donors (Lipinski definition) is 8. The molecule has 14 heteroatoms. The Morgan fingerprint density at radius 3 is 2.03 bits per heavy atom. The molecule has 0 aliphatic carbocycles. The molecule has 0 heterocycles. The molecule has 14 nitrogen and oxygen atoms in total. The lowest BCUT2D eigenvalue weighted by Crippen LogP contribution is -2.57. The summed E-state index contributed by atoms with van der Waals surface area (Å²) in [6.07, 6.45) is -0.163. The molecular formula is C21H32N8O6. The normalized spacial score (nSPS) is 12.9. The van der Waals surface area contributed by atoms with Crippen molar-refractivity contribution in [3.8, 4) is 0 Å². The molecule has 3 atom stereocenters. The maximum atomic E-state index is 13.0. The second-order valence-electron chi connectivity index (χ2n) is 7.59. The molecule has 35 heavy (non-hydrogen) atoms. The van der Waals surface area contributed by atoms with Crippen LogP contribution >= 0.6 is 0 Å². The van der Waals surface area contributed by atoms with Crippen LogP contribution in [0.1, 0.15) is 24.8 Å². The SMILES string of the molecule is NCC(=O)NC(CCCN=C(N)N)C(=O)NC(Cc1ccccc1)C(=O)NC(CC(N)=O)C(=O)O. The van der Waals surface area contributed by atoms with Crippen LogP contribution in [-0.2, 0) is 30.4 Å². The van der Waals surface area contributed by atoms with E-state index in [1.165, 1.54) is 0 Å². The quantitative estimate of drug-likeness (QED) is 0.0690. The van der Waals surface area contributed by atoms with Crippen molar-refractivity contribution < 1.29 is 29.1 Å². The highest BCUT2D eigenvalue weighted by Gasteiger charge is 2.30. The van der Waals surface area contributed by atoms with Gasteiger partial charge in [-0.2, -0.15) is 0 Å². The highest BCUT2D eigenvalue weighted by atomic mass is 16.4. The Kier molecular flexibility index (Phi) is 12.2. The van der Waals surface area contributed by atoms with Crippen molar-refractivity contribution in [3.05, 3.63) is 35.9 Å². The number of hydrogen-bond acceptors (Lipinski definition) is 7. The molecule has 3 unspecified atom stereocenters. The van der Waals surface area contributed by atoms with E-state index in [-0.39, 0.29) is 31.9 Å². The van der Waals surface area contributed by atoms with Gasteiger partial charge < -0.3 is 44.0 Å². The molecule has 0 radical (unpaired) electrons. The molecule has 0 aromatic heterocycles. The largest absolute Gasteiger partial charge is 0.480 e. The molecule has 12 N–H and O–H groups in total. The number of carboxylic acid groups (broad SMARTS) is 1. The summed E-state index contributed by atoms with van der Waals surface area (Å²) in [7, 11) is 0. The summed E-state index contributed by atoms with van der Waals surface area (Å²) < 4.78 is 0. The van der Waals surface area contributed by atoms with E-state index in [0.29, 0.717) is 12.0 Å². The monoisotopic (exact) mass is 492 g/mol. The van der Waals surface area contributed by atoms with Crippen molar-refractivity contribution >= 4 is 35.6 Å². The number of nitrogens with two attached hydrogens (primary N) is 4. The summed E-state index contributed by atoms with van der Waals surface area (Å²) in [5.74, 6) is -4.65. The zero-order valence-electron chi connectivity index (χ0n) is 19.1. The Morgan fingerprint density at radius 1 is 0.886 bits per heavy atom. The van der Waals surface area contributed by atoms with Crippen LogP contribution in [0.3, 0.4) is 0 Å². The van der Waals surface area contributed by atoms with Gasteiger partial charge in [-0.25, -0.2) is 4.79 Å². The van der Waals surface area contributed by atoms with E-state index in [9.17, 15) is 29.1 Å². The van der Waals surface area contributed by atoms with Crippen LogP contribution in [0.4, 0.5) is 0 Å². The van der Waals surface area contributed by atoms with E-state index in [1.807, 2.05) is 0 Å². The predicted octanol–water partition coefficient (Wildman–Crippen LogP) is -3.34. The molecular weight excluding hydrogens is 460 g/mol. The van der Waals surface area contributed by atoms with Crippen LogP contribution in [0.15, 0.2) is 35.3 Å². The summed E-state index contributed by atoms with van der Waals surface area (Å²) in [6.45, 7) is -0.162. The number of primary amides is 1. The van der Waals surface area contributed by atoms with E-state index in [0.717, 1.165) is 0 Å². The lowest BCUT2D eigenvalue weighted by Gasteiger charge is -2.24. The molecule has 0 spiro atoms. The minimum atomic E-state index is -1.58. The van der Waals surface area contributed by atoms with E-state index in [2.05, 4.69) is 20.9 Å². The Morgan fingerprint density at radius 2 is 1.49 bits per heavy atom.